The average Bonchev–Trinajstić information content (AvgIpc) is 3.17. The molecule has 0 amide bonds. The Morgan fingerprint density at radius 1 is 0.353 bits per heavy atom. The van der Waals surface area contributed by atoms with Crippen molar-refractivity contribution >= 4 is 59.0 Å². The first-order valence-corrected chi connectivity index (χ1v) is 17.9. The Hall–Kier alpha value is -5.55. The number of phenols is 2. The van der Waals surface area contributed by atoms with Gasteiger partial charge < -0.3 is 27.3 Å². The highest BCUT2D eigenvalue weighted by Crippen LogP contribution is 2.46. The minimum Gasteiger partial charge on any atom is -0.507 e. The van der Waals surface area contributed by atoms with Gasteiger partial charge in [0.1, 0.15) is 36.2 Å². The largest absolute Gasteiger partial charge is 0.668 e. The maximum Gasteiger partial charge on any atom is 0.668 e. The fourth-order valence-corrected chi connectivity index (χ4v) is 7.33. The van der Waals surface area contributed by atoms with Gasteiger partial charge in [-0.15, -0.1) is 0 Å². The molecule has 0 unspecified atom stereocenters. The number of aromatic hydroxyl groups is 2. The predicted octanol–water partition coefficient (Wildman–Crippen LogP) is 10.1. The van der Waals surface area contributed by atoms with Gasteiger partial charge in [0.15, 0.2) is 0 Å². The van der Waals surface area contributed by atoms with Crippen LogP contribution >= 0.6 is 0 Å². The van der Waals surface area contributed by atoms with Crippen molar-refractivity contribution in [1.29, 1.82) is 0 Å². The van der Waals surface area contributed by atoms with Crippen LogP contribution < -0.4 is 9.47 Å². The van der Waals surface area contributed by atoms with Crippen LogP contribution in [0.3, 0.4) is 0 Å². The molecule has 51 heavy (non-hydrogen) atoms. The zero-order valence-corrected chi connectivity index (χ0v) is 28.9. The van der Waals surface area contributed by atoms with Crippen molar-refractivity contribution in [3.05, 3.63) is 146 Å². The SMILES string of the molecule is Oc1ccc2ccccc2c1-c1c(OCC[O][Al][O]CCOc2ccc3ccccc3c2-c2c(O)ccc3ccccc23)ccc2ccccc12. The maximum absolute atomic E-state index is 11.1. The van der Waals surface area contributed by atoms with Gasteiger partial charge >= 0.3 is 15.9 Å². The molecule has 2 N–H and O–H groups in total. The molecule has 249 valence electrons. The number of rotatable bonds is 12. The number of hydrogen-bond acceptors (Lipinski definition) is 6. The van der Waals surface area contributed by atoms with Gasteiger partial charge in [-0.1, -0.05) is 121 Å². The van der Waals surface area contributed by atoms with Crippen LogP contribution in [0.25, 0.3) is 65.3 Å². The van der Waals surface area contributed by atoms with Crippen LogP contribution in [0, 0.1) is 0 Å². The molecule has 8 aromatic rings. The van der Waals surface area contributed by atoms with E-state index < -0.39 is 15.9 Å². The molecular weight excluding hydrogens is 651 g/mol. The molecule has 8 rings (SSSR count). The van der Waals surface area contributed by atoms with Crippen molar-refractivity contribution in [2.45, 2.75) is 0 Å². The zero-order valence-electron chi connectivity index (χ0n) is 27.8. The lowest BCUT2D eigenvalue weighted by molar-refractivity contribution is 0.160. The Bertz CT molecular complexity index is 2340. The topological polar surface area (TPSA) is 77.4 Å². The molecule has 0 saturated carbocycles. The van der Waals surface area contributed by atoms with E-state index in [1.165, 1.54) is 0 Å². The molecule has 0 atom stereocenters. The summed E-state index contributed by atoms with van der Waals surface area (Å²) in [5.74, 6) is 1.76. The number of benzene rings is 8. The van der Waals surface area contributed by atoms with E-state index >= 15 is 0 Å². The lowest BCUT2D eigenvalue weighted by Crippen LogP contribution is -2.15. The molecule has 8 aromatic carbocycles. The summed E-state index contributed by atoms with van der Waals surface area (Å²) in [6.07, 6.45) is 0. The van der Waals surface area contributed by atoms with Gasteiger partial charge in [-0.25, -0.2) is 0 Å². The monoisotopic (exact) mass is 685 g/mol. The van der Waals surface area contributed by atoms with Crippen LogP contribution in [0.1, 0.15) is 0 Å². The zero-order chi connectivity index (χ0) is 34.6. The summed E-state index contributed by atoms with van der Waals surface area (Å²) < 4.78 is 24.3. The van der Waals surface area contributed by atoms with Crippen molar-refractivity contribution in [3.8, 4) is 45.3 Å². The number of fused-ring (bicyclic) bond motifs is 4. The highest BCUT2D eigenvalue weighted by Gasteiger charge is 2.19. The average molecular weight is 686 g/mol. The smallest absolute Gasteiger partial charge is 0.507 e. The molecule has 6 nitrogen and oxygen atoms in total. The molecule has 0 bridgehead atoms. The van der Waals surface area contributed by atoms with E-state index in [4.69, 9.17) is 17.1 Å². The molecular formula is C44H34AlO6. The standard InChI is InChI=1S/2C22H17O3.Al/c2*23-13-14-25-20-12-10-16-6-2-4-8-18(16)22(20)21-17-7-3-1-5-15(17)9-11-19(21)24;/h2*1-12,24H,13-14H2;/q2*-1;+2. The Kier molecular flexibility index (Phi) is 9.44. The Balaban J connectivity index is 0.915. The maximum atomic E-state index is 11.1. The van der Waals surface area contributed by atoms with E-state index in [0.717, 1.165) is 65.3 Å². The molecule has 7 heteroatoms. The highest BCUT2D eigenvalue weighted by atomic mass is 27.2. The van der Waals surface area contributed by atoms with Crippen LogP contribution in [-0.2, 0) is 7.58 Å². The molecule has 0 saturated heterocycles. The van der Waals surface area contributed by atoms with Crippen molar-refractivity contribution in [3.63, 3.8) is 0 Å². The third-order valence-electron chi connectivity index (χ3n) is 9.15. The van der Waals surface area contributed by atoms with Gasteiger partial charge in [-0.05, 0) is 67.4 Å². The quantitative estimate of drug-likeness (QED) is 0.0985. The van der Waals surface area contributed by atoms with Crippen molar-refractivity contribution in [2.24, 2.45) is 0 Å². The van der Waals surface area contributed by atoms with E-state index in [9.17, 15) is 10.2 Å². The van der Waals surface area contributed by atoms with Crippen LogP contribution in [-0.4, -0.2) is 52.5 Å². The highest BCUT2D eigenvalue weighted by molar-refractivity contribution is 6.18. The number of phenolic OH excluding ortho intramolecular Hbond substituents is 2. The number of ether oxygens (including phenoxy) is 2. The van der Waals surface area contributed by atoms with E-state index in [0.29, 0.717) is 37.9 Å². The van der Waals surface area contributed by atoms with Crippen molar-refractivity contribution in [1.82, 2.24) is 0 Å². The van der Waals surface area contributed by atoms with Gasteiger partial charge in [0.25, 0.3) is 0 Å². The second-order valence-corrected chi connectivity index (χ2v) is 13.1. The molecule has 0 aliphatic heterocycles. The molecule has 0 heterocycles. The minimum atomic E-state index is -0.740. The lowest BCUT2D eigenvalue weighted by Gasteiger charge is -2.18. The van der Waals surface area contributed by atoms with Crippen LogP contribution in [0.15, 0.2) is 146 Å². The Morgan fingerprint density at radius 2 is 0.686 bits per heavy atom. The van der Waals surface area contributed by atoms with Gasteiger partial charge in [-0.2, -0.15) is 0 Å². The van der Waals surface area contributed by atoms with E-state index in [1.54, 1.807) is 12.1 Å². The normalized spacial score (nSPS) is 11.4. The van der Waals surface area contributed by atoms with Gasteiger partial charge in [0.05, 0.1) is 13.2 Å². The predicted molar refractivity (Wildman–Crippen MR) is 206 cm³/mol. The molecule has 0 aromatic heterocycles. The first kappa shape index (κ1) is 32.6. The summed E-state index contributed by atoms with van der Waals surface area (Å²) >= 11 is -0.740. The third kappa shape index (κ3) is 6.57. The summed E-state index contributed by atoms with van der Waals surface area (Å²) in [5, 5.41) is 30.3. The van der Waals surface area contributed by atoms with E-state index in [1.807, 2.05) is 109 Å². The third-order valence-corrected chi connectivity index (χ3v) is 9.89. The fourth-order valence-electron chi connectivity index (χ4n) is 6.85. The molecule has 0 fully saturated rings. The fraction of sp³-hybridized carbons (Fsp3) is 0.0909. The van der Waals surface area contributed by atoms with Crippen LogP contribution in [0.4, 0.5) is 0 Å². The summed E-state index contributed by atoms with van der Waals surface area (Å²) in [4.78, 5) is 0. The van der Waals surface area contributed by atoms with Gasteiger partial charge in [-0.3, -0.25) is 0 Å². The van der Waals surface area contributed by atoms with Crippen molar-refractivity contribution < 1.29 is 27.3 Å². The van der Waals surface area contributed by atoms with Crippen LogP contribution in [0.2, 0.25) is 0 Å². The molecule has 0 spiro atoms. The first-order valence-electron chi connectivity index (χ1n) is 16.9. The summed E-state index contributed by atoms with van der Waals surface area (Å²) in [5.41, 5.74) is 3.21. The summed E-state index contributed by atoms with van der Waals surface area (Å²) in [6.45, 7) is 1.33. The summed E-state index contributed by atoms with van der Waals surface area (Å²) in [7, 11) is 0. The molecule has 0 aliphatic carbocycles. The summed E-state index contributed by atoms with van der Waals surface area (Å²) in [6, 6.07) is 47.7. The molecule has 0 aliphatic rings. The van der Waals surface area contributed by atoms with Crippen LogP contribution in [0.5, 0.6) is 23.0 Å². The molecule has 1 radical (unpaired) electrons. The minimum absolute atomic E-state index is 0.205. The van der Waals surface area contributed by atoms with E-state index in [2.05, 4.69) is 24.3 Å². The second-order valence-electron chi connectivity index (χ2n) is 12.2. The first-order chi connectivity index (χ1) is 25.2. The van der Waals surface area contributed by atoms with Gasteiger partial charge in [0, 0.05) is 22.3 Å². The Morgan fingerprint density at radius 3 is 1.08 bits per heavy atom. The number of hydrogen-bond donors (Lipinski definition) is 2. The van der Waals surface area contributed by atoms with Crippen molar-refractivity contribution in [2.75, 3.05) is 26.4 Å². The Labute approximate surface area is 302 Å². The lowest BCUT2D eigenvalue weighted by atomic mass is 9.92. The second kappa shape index (κ2) is 14.7. The van der Waals surface area contributed by atoms with E-state index in [-0.39, 0.29) is 11.5 Å². The van der Waals surface area contributed by atoms with Gasteiger partial charge in [0.2, 0.25) is 0 Å².